The summed E-state index contributed by atoms with van der Waals surface area (Å²) in [7, 11) is 1.53. The number of carbonyl (C=O) groups is 1. The number of hydrogen-bond donors (Lipinski definition) is 0. The molecule has 0 radical (unpaired) electrons. The minimum absolute atomic E-state index is 0.0568. The fourth-order valence-electron chi connectivity index (χ4n) is 2.83. The van der Waals surface area contributed by atoms with Crippen LogP contribution in [0.4, 0.5) is 0 Å². The van der Waals surface area contributed by atoms with E-state index in [2.05, 4.69) is 0 Å². The largest absolute Gasteiger partial charge is 0.497 e. The third-order valence-electron chi connectivity index (χ3n) is 4.22. The summed E-state index contributed by atoms with van der Waals surface area (Å²) in [4.78, 5) is 23.8. The zero-order chi connectivity index (χ0) is 19.5. The molecule has 0 atom stereocenters. The zero-order valence-electron chi connectivity index (χ0n) is 15.0. The quantitative estimate of drug-likeness (QED) is 0.381. The van der Waals surface area contributed by atoms with Gasteiger partial charge >= 0.3 is 11.6 Å². The van der Waals surface area contributed by atoms with Gasteiger partial charge in [0.2, 0.25) is 6.79 Å². The SMILES string of the molecule is COc1ccc2c(COC(=O)C=Cc3ccc4c(c3)OCO4)cc(=O)oc2c1. The van der Waals surface area contributed by atoms with E-state index in [-0.39, 0.29) is 13.4 Å². The lowest BCUT2D eigenvalue weighted by atomic mass is 10.1. The lowest BCUT2D eigenvalue weighted by molar-refractivity contribution is -0.138. The number of fused-ring (bicyclic) bond motifs is 2. The number of benzene rings is 2. The topological polar surface area (TPSA) is 84.2 Å². The van der Waals surface area contributed by atoms with Gasteiger partial charge in [-0.15, -0.1) is 0 Å². The van der Waals surface area contributed by atoms with E-state index in [1.54, 1.807) is 42.5 Å². The third-order valence-corrected chi connectivity index (χ3v) is 4.22. The van der Waals surface area contributed by atoms with Gasteiger partial charge in [-0.1, -0.05) is 6.07 Å². The Bertz CT molecular complexity index is 1130. The van der Waals surface area contributed by atoms with Gasteiger partial charge in [0.15, 0.2) is 11.5 Å². The minimum Gasteiger partial charge on any atom is -0.497 e. The maximum absolute atomic E-state index is 12.1. The van der Waals surface area contributed by atoms with Gasteiger partial charge in [-0.25, -0.2) is 9.59 Å². The summed E-state index contributed by atoms with van der Waals surface area (Å²) in [5.41, 5.74) is 1.18. The van der Waals surface area contributed by atoms with E-state index in [4.69, 9.17) is 23.4 Å². The Hall–Kier alpha value is -3.74. The van der Waals surface area contributed by atoms with Gasteiger partial charge in [0.1, 0.15) is 17.9 Å². The van der Waals surface area contributed by atoms with E-state index in [0.29, 0.717) is 33.8 Å². The molecule has 1 aromatic heterocycles. The van der Waals surface area contributed by atoms with Crippen LogP contribution in [0, 0.1) is 0 Å². The first-order chi connectivity index (χ1) is 13.6. The van der Waals surface area contributed by atoms with Gasteiger partial charge in [-0.3, -0.25) is 0 Å². The summed E-state index contributed by atoms with van der Waals surface area (Å²) >= 11 is 0. The van der Waals surface area contributed by atoms with Crippen LogP contribution >= 0.6 is 0 Å². The predicted molar refractivity (Wildman–Crippen MR) is 100 cm³/mol. The highest BCUT2D eigenvalue weighted by molar-refractivity contribution is 5.87. The molecule has 0 amide bonds. The van der Waals surface area contributed by atoms with Crippen LogP contribution in [0.2, 0.25) is 0 Å². The molecule has 0 saturated heterocycles. The molecule has 7 heteroatoms. The second kappa shape index (κ2) is 7.48. The van der Waals surface area contributed by atoms with Crippen molar-refractivity contribution in [2.24, 2.45) is 0 Å². The summed E-state index contributed by atoms with van der Waals surface area (Å²) in [6.45, 7) is 0.133. The normalized spacial score (nSPS) is 12.5. The summed E-state index contributed by atoms with van der Waals surface area (Å²) in [5, 5.41) is 0.674. The van der Waals surface area contributed by atoms with Crippen LogP contribution in [0.3, 0.4) is 0 Å². The number of carbonyl (C=O) groups excluding carboxylic acids is 1. The van der Waals surface area contributed by atoms with Crippen molar-refractivity contribution in [1.82, 2.24) is 0 Å². The Balaban J connectivity index is 1.47. The average molecular weight is 380 g/mol. The van der Waals surface area contributed by atoms with E-state index in [9.17, 15) is 9.59 Å². The Morgan fingerprint density at radius 2 is 1.96 bits per heavy atom. The van der Waals surface area contributed by atoms with E-state index in [0.717, 1.165) is 5.56 Å². The molecule has 4 rings (SSSR count). The maximum atomic E-state index is 12.1. The lowest BCUT2D eigenvalue weighted by Crippen LogP contribution is -2.05. The Morgan fingerprint density at radius 1 is 1.11 bits per heavy atom. The minimum atomic E-state index is -0.535. The van der Waals surface area contributed by atoms with Crippen LogP contribution in [-0.2, 0) is 16.1 Å². The summed E-state index contributed by atoms with van der Waals surface area (Å²) in [6, 6.07) is 11.8. The molecule has 1 aliphatic rings. The van der Waals surface area contributed by atoms with Gasteiger partial charge in [0.05, 0.1) is 7.11 Å². The smallest absolute Gasteiger partial charge is 0.336 e. The van der Waals surface area contributed by atoms with Gasteiger partial charge in [-0.2, -0.15) is 0 Å². The van der Waals surface area contributed by atoms with E-state index < -0.39 is 11.6 Å². The standard InChI is InChI=1S/C21H16O7/c1-24-15-4-5-16-14(9-21(23)28-18(16)10-15)11-25-20(22)7-3-13-2-6-17-19(8-13)27-12-26-17/h2-10H,11-12H2,1H3. The molecule has 0 spiro atoms. The highest BCUT2D eigenvalue weighted by atomic mass is 16.7. The highest BCUT2D eigenvalue weighted by Gasteiger charge is 2.12. The highest BCUT2D eigenvalue weighted by Crippen LogP contribution is 2.32. The van der Waals surface area contributed by atoms with Gasteiger partial charge in [0.25, 0.3) is 0 Å². The van der Waals surface area contributed by atoms with Gasteiger partial charge in [-0.05, 0) is 35.9 Å². The van der Waals surface area contributed by atoms with Gasteiger partial charge < -0.3 is 23.4 Å². The molecule has 28 heavy (non-hydrogen) atoms. The van der Waals surface area contributed by atoms with Crippen LogP contribution in [0.5, 0.6) is 17.2 Å². The molecule has 0 aliphatic carbocycles. The lowest BCUT2D eigenvalue weighted by Gasteiger charge is -2.07. The second-order valence-electron chi connectivity index (χ2n) is 6.01. The molecule has 0 unspecified atom stereocenters. The van der Waals surface area contributed by atoms with Crippen LogP contribution in [0.1, 0.15) is 11.1 Å². The van der Waals surface area contributed by atoms with Crippen molar-refractivity contribution in [3.63, 3.8) is 0 Å². The van der Waals surface area contributed by atoms with Crippen LogP contribution in [-0.4, -0.2) is 19.9 Å². The number of rotatable bonds is 5. The first-order valence-electron chi connectivity index (χ1n) is 8.47. The Labute approximate surface area is 159 Å². The Morgan fingerprint density at radius 3 is 2.82 bits per heavy atom. The first kappa shape index (κ1) is 17.7. The molecule has 1 aliphatic heterocycles. The third kappa shape index (κ3) is 3.68. The summed E-state index contributed by atoms with van der Waals surface area (Å²) < 4.78 is 26.1. The van der Waals surface area contributed by atoms with E-state index in [1.165, 1.54) is 19.3 Å². The molecule has 3 aromatic rings. The summed E-state index contributed by atoms with van der Waals surface area (Å²) in [5.74, 6) is 1.34. The molecule has 2 heterocycles. The molecule has 0 saturated carbocycles. The predicted octanol–water partition coefficient (Wildman–Crippen LogP) is 3.29. The van der Waals surface area contributed by atoms with Crippen molar-refractivity contribution in [1.29, 1.82) is 0 Å². The molecular formula is C21H16O7. The first-order valence-corrected chi connectivity index (χ1v) is 8.47. The second-order valence-corrected chi connectivity index (χ2v) is 6.01. The fraction of sp³-hybridized carbons (Fsp3) is 0.143. The molecule has 142 valence electrons. The monoisotopic (exact) mass is 380 g/mol. The van der Waals surface area contributed by atoms with Crippen LogP contribution in [0.15, 0.2) is 57.8 Å². The van der Waals surface area contributed by atoms with Gasteiger partial charge in [0, 0.05) is 29.2 Å². The van der Waals surface area contributed by atoms with Crippen molar-refractivity contribution in [2.45, 2.75) is 6.61 Å². The summed E-state index contributed by atoms with van der Waals surface area (Å²) in [6.07, 6.45) is 2.93. The van der Waals surface area contributed by atoms with Crippen molar-refractivity contribution >= 4 is 23.0 Å². The molecule has 7 nitrogen and oxygen atoms in total. The number of hydrogen-bond acceptors (Lipinski definition) is 7. The van der Waals surface area contributed by atoms with Crippen molar-refractivity contribution in [3.8, 4) is 17.2 Å². The van der Waals surface area contributed by atoms with Crippen molar-refractivity contribution in [3.05, 3.63) is 70.1 Å². The fourth-order valence-corrected chi connectivity index (χ4v) is 2.83. The molecular weight excluding hydrogens is 364 g/mol. The molecule has 0 bridgehead atoms. The maximum Gasteiger partial charge on any atom is 0.336 e. The van der Waals surface area contributed by atoms with E-state index in [1.807, 2.05) is 0 Å². The van der Waals surface area contributed by atoms with Crippen LogP contribution in [0.25, 0.3) is 17.0 Å². The van der Waals surface area contributed by atoms with Crippen LogP contribution < -0.4 is 19.8 Å². The van der Waals surface area contributed by atoms with Crippen molar-refractivity contribution in [2.75, 3.05) is 13.9 Å². The molecule has 0 N–H and O–H groups in total. The Kier molecular flexibility index (Phi) is 4.72. The molecule has 2 aromatic carbocycles. The number of methoxy groups -OCH3 is 1. The molecule has 0 fully saturated rings. The van der Waals surface area contributed by atoms with Crippen molar-refractivity contribution < 1.29 is 28.2 Å². The average Bonchev–Trinajstić information content (AvgIpc) is 3.17. The van der Waals surface area contributed by atoms with E-state index >= 15 is 0 Å². The zero-order valence-corrected chi connectivity index (χ0v) is 15.0. The number of esters is 1. The number of ether oxygens (including phenoxy) is 4.